The number of carbonyl (C=O) groups excluding carboxylic acids is 1. The minimum absolute atomic E-state index is 0.0758. The van der Waals surface area contributed by atoms with Gasteiger partial charge in [0.2, 0.25) is 5.91 Å². The van der Waals surface area contributed by atoms with Crippen molar-refractivity contribution in [2.45, 2.75) is 77.5 Å². The zero-order valence-corrected chi connectivity index (χ0v) is 20.4. The molecule has 1 aromatic carbocycles. The molecule has 0 saturated carbocycles. The zero-order valence-electron chi connectivity index (χ0n) is 19.6. The Morgan fingerprint density at radius 1 is 1.34 bits per heavy atom. The van der Waals surface area contributed by atoms with E-state index in [2.05, 4.69) is 10.6 Å². The summed E-state index contributed by atoms with van der Waals surface area (Å²) < 4.78 is 35.2. The van der Waals surface area contributed by atoms with Gasteiger partial charge in [-0.15, -0.1) is 4.31 Å². The summed E-state index contributed by atoms with van der Waals surface area (Å²) in [6.07, 6.45) is 4.52. The average molecular weight is 468 g/mol. The van der Waals surface area contributed by atoms with E-state index >= 15 is 0 Å². The molecule has 1 aromatic rings. The molecule has 2 heterocycles. The second-order valence-electron chi connectivity index (χ2n) is 9.18. The van der Waals surface area contributed by atoms with Crippen LogP contribution in [0, 0.1) is 11.7 Å². The van der Waals surface area contributed by atoms with E-state index in [1.807, 2.05) is 25.1 Å². The van der Waals surface area contributed by atoms with Crippen molar-refractivity contribution < 1.29 is 18.5 Å². The summed E-state index contributed by atoms with van der Waals surface area (Å²) in [5.41, 5.74) is 1.08. The highest BCUT2D eigenvalue weighted by molar-refractivity contribution is 7.89. The van der Waals surface area contributed by atoms with E-state index in [0.29, 0.717) is 36.3 Å². The Morgan fingerprint density at radius 3 is 2.81 bits per heavy atom. The molecule has 32 heavy (non-hydrogen) atoms. The molecule has 180 valence electrons. The molecule has 0 aromatic heterocycles. The van der Waals surface area contributed by atoms with Gasteiger partial charge >= 0.3 is 0 Å². The van der Waals surface area contributed by atoms with Crippen LogP contribution in [0.25, 0.3) is 0 Å². The number of nitrogens with one attached hydrogen (secondary N) is 2. The molecule has 4 atom stereocenters. The van der Waals surface area contributed by atoms with Crippen molar-refractivity contribution in [3.05, 3.63) is 29.6 Å². The summed E-state index contributed by atoms with van der Waals surface area (Å²) >= 11 is -1.01. The molecule has 0 spiro atoms. The predicted molar refractivity (Wildman–Crippen MR) is 127 cm³/mol. The lowest BCUT2D eigenvalue weighted by atomic mass is 9.89. The summed E-state index contributed by atoms with van der Waals surface area (Å²) in [6.45, 7) is 8.41. The maximum Gasteiger partial charge on any atom is 0.224 e. The van der Waals surface area contributed by atoms with Gasteiger partial charge in [0.1, 0.15) is 11.6 Å². The van der Waals surface area contributed by atoms with Gasteiger partial charge in [0.15, 0.2) is 0 Å². The van der Waals surface area contributed by atoms with Crippen LogP contribution < -0.4 is 10.6 Å². The van der Waals surface area contributed by atoms with Crippen molar-refractivity contribution in [3.8, 4) is 0 Å². The van der Waals surface area contributed by atoms with E-state index < -0.39 is 11.4 Å². The van der Waals surface area contributed by atoms with E-state index in [9.17, 15) is 13.7 Å². The first kappa shape index (κ1) is 25.4. The molecule has 8 heteroatoms. The SMILES string of the molecule is CCC[S+]([O-])N1CCNCC1CCc1c(F)cccc1NC(=O)CC1CC(C)OC(C)C1. The van der Waals surface area contributed by atoms with Crippen molar-refractivity contribution in [1.29, 1.82) is 0 Å². The number of ether oxygens (including phenoxy) is 1. The number of anilines is 1. The quantitative estimate of drug-likeness (QED) is 0.543. The van der Waals surface area contributed by atoms with Crippen molar-refractivity contribution in [2.75, 3.05) is 30.7 Å². The summed E-state index contributed by atoms with van der Waals surface area (Å²) in [7, 11) is 0. The molecule has 2 N–H and O–H groups in total. The first-order valence-electron chi connectivity index (χ1n) is 12.0. The third kappa shape index (κ3) is 7.15. The van der Waals surface area contributed by atoms with Gasteiger partial charge in [-0.25, -0.2) is 4.39 Å². The van der Waals surface area contributed by atoms with Crippen LogP contribution in [0.3, 0.4) is 0 Å². The van der Waals surface area contributed by atoms with Gasteiger partial charge in [-0.05, 0) is 64.0 Å². The second kappa shape index (κ2) is 12.3. The van der Waals surface area contributed by atoms with Crippen molar-refractivity contribution in [1.82, 2.24) is 9.62 Å². The van der Waals surface area contributed by atoms with Crippen LogP contribution in [-0.2, 0) is 27.3 Å². The molecular weight excluding hydrogens is 429 g/mol. The number of nitrogens with zero attached hydrogens (tertiary/aromatic N) is 1. The third-order valence-corrected chi connectivity index (χ3v) is 8.09. The van der Waals surface area contributed by atoms with Gasteiger partial charge in [-0.3, -0.25) is 4.79 Å². The highest BCUT2D eigenvalue weighted by Crippen LogP contribution is 2.29. The Labute approximate surface area is 195 Å². The van der Waals surface area contributed by atoms with Gasteiger partial charge in [0.25, 0.3) is 0 Å². The van der Waals surface area contributed by atoms with Crippen molar-refractivity contribution >= 4 is 23.0 Å². The first-order chi connectivity index (χ1) is 15.4. The number of hydrogen-bond donors (Lipinski definition) is 2. The maximum atomic E-state index is 14.7. The molecule has 6 nitrogen and oxygen atoms in total. The predicted octanol–water partition coefficient (Wildman–Crippen LogP) is 3.64. The molecule has 2 fully saturated rings. The van der Waals surface area contributed by atoms with Gasteiger partial charge in [-0.1, -0.05) is 13.0 Å². The van der Waals surface area contributed by atoms with Crippen LogP contribution in [0.1, 0.15) is 58.4 Å². The molecule has 0 aliphatic carbocycles. The van der Waals surface area contributed by atoms with Crippen LogP contribution in [0.5, 0.6) is 0 Å². The van der Waals surface area contributed by atoms with Gasteiger partial charge in [0.05, 0.1) is 24.8 Å². The van der Waals surface area contributed by atoms with E-state index in [1.54, 1.807) is 12.1 Å². The molecule has 0 bridgehead atoms. The Kier molecular flexibility index (Phi) is 9.79. The third-order valence-electron chi connectivity index (χ3n) is 6.33. The normalized spacial score (nSPS) is 27.8. The van der Waals surface area contributed by atoms with E-state index in [1.165, 1.54) is 6.07 Å². The summed E-state index contributed by atoms with van der Waals surface area (Å²) in [6, 6.07) is 4.94. The van der Waals surface area contributed by atoms with Crippen LogP contribution in [0.4, 0.5) is 10.1 Å². The number of benzene rings is 1. The molecular formula is C24H38FN3O3S. The topological polar surface area (TPSA) is 76.7 Å². The fourth-order valence-corrected chi connectivity index (χ4v) is 6.35. The van der Waals surface area contributed by atoms with E-state index in [4.69, 9.17) is 4.74 Å². The van der Waals surface area contributed by atoms with Crippen molar-refractivity contribution in [2.24, 2.45) is 5.92 Å². The summed E-state index contributed by atoms with van der Waals surface area (Å²) in [4.78, 5) is 12.7. The van der Waals surface area contributed by atoms with Crippen LogP contribution in [-0.4, -0.2) is 58.4 Å². The summed E-state index contributed by atoms with van der Waals surface area (Å²) in [5.74, 6) is 0.552. The number of halogens is 1. The Hall–Kier alpha value is -1.19. The standard InChI is InChI=1S/C24H38FN3O3S/c1-4-12-32(30)28-11-10-26-16-20(28)8-9-21-22(25)6-5-7-23(21)27-24(29)15-19-13-17(2)31-18(3)14-19/h5-7,17-20,26H,4,8-16H2,1-3H3,(H,27,29). The Balaban J connectivity index is 1.62. The first-order valence-corrected chi connectivity index (χ1v) is 13.2. The minimum Gasteiger partial charge on any atom is -0.598 e. The number of piperazine rings is 1. The van der Waals surface area contributed by atoms with Gasteiger partial charge < -0.3 is 19.9 Å². The monoisotopic (exact) mass is 467 g/mol. The fourth-order valence-electron chi connectivity index (χ4n) is 4.96. The van der Waals surface area contributed by atoms with E-state index in [0.717, 1.165) is 38.9 Å². The Morgan fingerprint density at radius 2 is 2.09 bits per heavy atom. The molecule has 1 amide bonds. The smallest absolute Gasteiger partial charge is 0.224 e. The number of hydrogen-bond acceptors (Lipinski definition) is 5. The second-order valence-corrected chi connectivity index (χ2v) is 10.7. The lowest BCUT2D eigenvalue weighted by Crippen LogP contribution is -2.54. The zero-order chi connectivity index (χ0) is 23.1. The van der Waals surface area contributed by atoms with Crippen LogP contribution in [0.2, 0.25) is 0 Å². The molecule has 2 aliphatic heterocycles. The lowest BCUT2D eigenvalue weighted by molar-refractivity contribution is -0.119. The maximum absolute atomic E-state index is 14.7. The number of amides is 1. The van der Waals surface area contributed by atoms with Crippen LogP contribution in [0.15, 0.2) is 18.2 Å². The van der Waals surface area contributed by atoms with E-state index in [-0.39, 0.29) is 35.9 Å². The highest BCUT2D eigenvalue weighted by atomic mass is 32.2. The average Bonchev–Trinajstić information content (AvgIpc) is 2.73. The number of rotatable bonds is 9. The molecule has 3 rings (SSSR count). The molecule has 0 radical (unpaired) electrons. The molecule has 2 aliphatic rings. The van der Waals surface area contributed by atoms with Gasteiger partial charge in [-0.2, -0.15) is 0 Å². The molecule has 2 saturated heterocycles. The summed E-state index contributed by atoms with van der Waals surface area (Å²) in [5, 5.41) is 6.32. The largest absolute Gasteiger partial charge is 0.598 e. The lowest BCUT2D eigenvalue weighted by Gasteiger charge is -2.35. The fraction of sp³-hybridized carbons (Fsp3) is 0.708. The highest BCUT2D eigenvalue weighted by Gasteiger charge is 2.31. The van der Waals surface area contributed by atoms with Gasteiger partial charge in [0, 0.05) is 42.1 Å². The number of carbonyl (C=O) groups is 1. The van der Waals surface area contributed by atoms with Crippen LogP contribution >= 0.6 is 0 Å². The minimum atomic E-state index is -1.01. The molecule has 4 unspecified atom stereocenters. The Bertz CT molecular complexity index is 743. The van der Waals surface area contributed by atoms with Crippen molar-refractivity contribution in [3.63, 3.8) is 0 Å².